The molecule has 0 atom stereocenters. The molecule has 0 saturated heterocycles. The Bertz CT molecular complexity index is 469. The highest BCUT2D eigenvalue weighted by Gasteiger charge is 2.01. The first-order valence-corrected chi connectivity index (χ1v) is 5.26. The van der Waals surface area contributed by atoms with E-state index in [1.54, 1.807) is 11.3 Å². The van der Waals surface area contributed by atoms with Crippen LogP contribution in [0, 0.1) is 11.3 Å². The van der Waals surface area contributed by atoms with E-state index in [0.717, 1.165) is 11.1 Å². The van der Waals surface area contributed by atoms with Crippen molar-refractivity contribution in [3.8, 4) is 11.8 Å². The van der Waals surface area contributed by atoms with Gasteiger partial charge in [0.25, 0.3) is 0 Å². The van der Waals surface area contributed by atoms with E-state index >= 15 is 0 Å². The lowest BCUT2D eigenvalue weighted by molar-refractivity contribution is 0.330. The fourth-order valence-electron chi connectivity index (χ4n) is 1.30. The van der Waals surface area contributed by atoms with Gasteiger partial charge >= 0.3 is 0 Å². The zero-order valence-electron chi connectivity index (χ0n) is 7.56. The normalized spacial score (nSPS) is 9.93. The molecule has 0 saturated carbocycles. The van der Waals surface area contributed by atoms with E-state index in [2.05, 4.69) is 12.1 Å². The van der Waals surface area contributed by atoms with Crippen molar-refractivity contribution in [1.29, 1.82) is 5.26 Å². The third-order valence-corrected chi connectivity index (χ3v) is 2.81. The van der Waals surface area contributed by atoms with Crippen LogP contribution in [-0.4, -0.2) is 6.61 Å². The van der Waals surface area contributed by atoms with E-state index in [4.69, 9.17) is 10.00 Å². The first-order valence-electron chi connectivity index (χ1n) is 4.38. The second kappa shape index (κ2) is 4.12. The van der Waals surface area contributed by atoms with E-state index in [0.29, 0.717) is 13.0 Å². The molecule has 3 heteroatoms. The summed E-state index contributed by atoms with van der Waals surface area (Å²) in [5.74, 6) is 0.874. The van der Waals surface area contributed by atoms with Gasteiger partial charge in [0.2, 0.25) is 0 Å². The van der Waals surface area contributed by atoms with Crippen LogP contribution in [-0.2, 0) is 0 Å². The molecule has 0 aliphatic carbocycles. The Labute approximate surface area is 86.4 Å². The van der Waals surface area contributed by atoms with E-state index in [1.165, 1.54) is 4.70 Å². The number of hydrogen-bond acceptors (Lipinski definition) is 3. The van der Waals surface area contributed by atoms with Gasteiger partial charge in [-0.3, -0.25) is 0 Å². The smallest absolute Gasteiger partial charge is 0.128 e. The van der Waals surface area contributed by atoms with Gasteiger partial charge in [-0.05, 0) is 23.6 Å². The molecule has 0 aliphatic rings. The van der Waals surface area contributed by atoms with Crippen LogP contribution in [0.25, 0.3) is 10.1 Å². The molecule has 2 aromatic rings. The van der Waals surface area contributed by atoms with Crippen molar-refractivity contribution < 1.29 is 4.74 Å². The van der Waals surface area contributed by atoms with Crippen molar-refractivity contribution in [1.82, 2.24) is 0 Å². The third-order valence-electron chi connectivity index (χ3n) is 1.93. The molecule has 0 radical (unpaired) electrons. The van der Waals surface area contributed by atoms with Crippen molar-refractivity contribution in [2.75, 3.05) is 6.61 Å². The topological polar surface area (TPSA) is 33.0 Å². The molecule has 1 heterocycles. The third kappa shape index (κ3) is 1.70. The largest absolute Gasteiger partial charge is 0.492 e. The quantitative estimate of drug-likeness (QED) is 0.718. The van der Waals surface area contributed by atoms with Crippen molar-refractivity contribution >= 4 is 21.4 Å². The Kier molecular flexibility index (Phi) is 2.66. The Balaban J connectivity index is 2.24. The molecule has 2 rings (SSSR count). The van der Waals surface area contributed by atoms with Gasteiger partial charge in [0, 0.05) is 10.1 Å². The number of rotatable bonds is 3. The number of fused-ring (bicyclic) bond motifs is 1. The summed E-state index contributed by atoms with van der Waals surface area (Å²) in [5.41, 5.74) is 0. The molecule has 1 aromatic carbocycles. The zero-order chi connectivity index (χ0) is 9.80. The summed E-state index contributed by atoms with van der Waals surface area (Å²) in [4.78, 5) is 0. The second-order valence-corrected chi connectivity index (χ2v) is 3.79. The predicted molar refractivity (Wildman–Crippen MR) is 57.6 cm³/mol. The summed E-state index contributed by atoms with van der Waals surface area (Å²) in [6.45, 7) is 0.464. The molecule has 0 aliphatic heterocycles. The van der Waals surface area contributed by atoms with Gasteiger partial charge in [-0.15, -0.1) is 11.3 Å². The van der Waals surface area contributed by atoms with Crippen molar-refractivity contribution in [2.45, 2.75) is 6.42 Å². The van der Waals surface area contributed by atoms with Crippen molar-refractivity contribution in [3.05, 3.63) is 29.6 Å². The summed E-state index contributed by atoms with van der Waals surface area (Å²) >= 11 is 1.70. The molecule has 1 aromatic heterocycles. The first-order chi connectivity index (χ1) is 6.92. The number of ether oxygens (including phenoxy) is 1. The number of hydrogen-bond donors (Lipinski definition) is 0. The summed E-state index contributed by atoms with van der Waals surface area (Å²) < 4.78 is 6.72. The minimum atomic E-state index is 0.431. The highest BCUT2D eigenvalue weighted by molar-refractivity contribution is 7.17. The Morgan fingerprint density at radius 3 is 3.14 bits per heavy atom. The predicted octanol–water partition coefficient (Wildman–Crippen LogP) is 3.19. The highest BCUT2D eigenvalue weighted by Crippen LogP contribution is 2.29. The van der Waals surface area contributed by atoms with Crippen LogP contribution in [0.1, 0.15) is 6.42 Å². The fourth-order valence-corrected chi connectivity index (χ4v) is 2.10. The molecule has 2 nitrogen and oxygen atoms in total. The number of nitriles is 1. The molecule has 14 heavy (non-hydrogen) atoms. The summed E-state index contributed by atoms with van der Waals surface area (Å²) in [7, 11) is 0. The number of benzene rings is 1. The van der Waals surface area contributed by atoms with Gasteiger partial charge in [0.05, 0.1) is 12.5 Å². The van der Waals surface area contributed by atoms with Crippen LogP contribution in [0.5, 0.6) is 5.75 Å². The van der Waals surface area contributed by atoms with Crippen LogP contribution in [0.4, 0.5) is 0 Å². The van der Waals surface area contributed by atoms with Gasteiger partial charge in [-0.2, -0.15) is 5.26 Å². The lowest BCUT2D eigenvalue weighted by atomic mass is 10.2. The fraction of sp³-hybridized carbons (Fsp3) is 0.182. The van der Waals surface area contributed by atoms with Gasteiger partial charge in [0.15, 0.2) is 0 Å². The molecule has 0 fully saturated rings. The Morgan fingerprint density at radius 2 is 2.29 bits per heavy atom. The molecule has 70 valence electrons. The summed E-state index contributed by atoms with van der Waals surface area (Å²) in [5, 5.41) is 11.6. The van der Waals surface area contributed by atoms with Crippen LogP contribution in [0.15, 0.2) is 29.6 Å². The molecular weight excluding hydrogens is 194 g/mol. The minimum Gasteiger partial charge on any atom is -0.492 e. The second-order valence-electron chi connectivity index (χ2n) is 2.85. The number of thiophene rings is 1. The highest BCUT2D eigenvalue weighted by atomic mass is 32.1. The average molecular weight is 203 g/mol. The maximum atomic E-state index is 8.39. The maximum absolute atomic E-state index is 8.39. The maximum Gasteiger partial charge on any atom is 0.128 e. The standard InChI is InChI=1S/C11H9NOS/c12-6-2-7-13-10-3-1-4-11-9(10)5-8-14-11/h1,3-5,8H,2,7H2. The average Bonchev–Trinajstić information content (AvgIpc) is 2.67. The molecule has 0 unspecified atom stereocenters. The summed E-state index contributed by atoms with van der Waals surface area (Å²) in [6.07, 6.45) is 0.431. The lowest BCUT2D eigenvalue weighted by Gasteiger charge is -2.04. The van der Waals surface area contributed by atoms with Gasteiger partial charge in [-0.1, -0.05) is 6.07 Å². The van der Waals surface area contributed by atoms with E-state index in [-0.39, 0.29) is 0 Å². The van der Waals surface area contributed by atoms with Gasteiger partial charge in [-0.25, -0.2) is 0 Å². The number of nitrogens with zero attached hydrogens (tertiary/aromatic N) is 1. The summed E-state index contributed by atoms with van der Waals surface area (Å²) in [6, 6.07) is 10.1. The molecule has 0 amide bonds. The van der Waals surface area contributed by atoms with Crippen molar-refractivity contribution in [2.24, 2.45) is 0 Å². The van der Waals surface area contributed by atoms with Crippen LogP contribution >= 0.6 is 11.3 Å². The van der Waals surface area contributed by atoms with Crippen LogP contribution < -0.4 is 4.74 Å². The van der Waals surface area contributed by atoms with Gasteiger partial charge in [0.1, 0.15) is 12.4 Å². The molecule has 0 bridgehead atoms. The minimum absolute atomic E-state index is 0.431. The van der Waals surface area contributed by atoms with Crippen LogP contribution in [0.3, 0.4) is 0 Å². The first kappa shape index (κ1) is 9.04. The van der Waals surface area contributed by atoms with E-state index in [1.807, 2.05) is 23.6 Å². The SMILES string of the molecule is N#CCCOc1cccc2sccc12. The van der Waals surface area contributed by atoms with Crippen molar-refractivity contribution in [3.63, 3.8) is 0 Å². The van der Waals surface area contributed by atoms with E-state index < -0.39 is 0 Å². The monoisotopic (exact) mass is 203 g/mol. The zero-order valence-corrected chi connectivity index (χ0v) is 8.38. The van der Waals surface area contributed by atoms with Gasteiger partial charge < -0.3 is 4.74 Å². The Hall–Kier alpha value is -1.53. The van der Waals surface area contributed by atoms with E-state index in [9.17, 15) is 0 Å². The van der Waals surface area contributed by atoms with Crippen LogP contribution in [0.2, 0.25) is 0 Å². The Morgan fingerprint density at radius 1 is 1.36 bits per heavy atom. The molecular formula is C11H9NOS. The molecule has 0 spiro atoms. The lowest BCUT2D eigenvalue weighted by Crippen LogP contribution is -1.95. The molecule has 0 N–H and O–H groups in total.